The van der Waals surface area contributed by atoms with Gasteiger partial charge in [0.05, 0.1) is 12.3 Å². The van der Waals surface area contributed by atoms with E-state index in [0.717, 1.165) is 45.6 Å². The molecule has 2 heterocycles. The zero-order valence-corrected chi connectivity index (χ0v) is 17.3. The van der Waals surface area contributed by atoms with Crippen molar-refractivity contribution in [1.29, 1.82) is 0 Å². The summed E-state index contributed by atoms with van der Waals surface area (Å²) in [5.74, 6) is 0.708. The molecule has 0 aliphatic carbocycles. The number of halogens is 1. The van der Waals surface area contributed by atoms with E-state index < -0.39 is 10.0 Å². The van der Waals surface area contributed by atoms with Gasteiger partial charge in [0, 0.05) is 29.1 Å². The second-order valence-electron chi connectivity index (χ2n) is 7.27. The summed E-state index contributed by atoms with van der Waals surface area (Å²) >= 11 is 6.42. The topological polar surface area (TPSA) is 62.6 Å². The lowest BCUT2D eigenvalue weighted by Crippen LogP contribution is -2.27. The van der Waals surface area contributed by atoms with E-state index >= 15 is 0 Å². The third-order valence-electron chi connectivity index (χ3n) is 5.22. The Hall–Kier alpha value is -1.86. The van der Waals surface area contributed by atoms with Crippen LogP contribution in [0.4, 0.5) is 0 Å². The molecule has 0 atom stereocenters. The molecule has 148 valence electrons. The molecule has 0 bridgehead atoms. The van der Waals surface area contributed by atoms with Crippen LogP contribution in [0.5, 0.6) is 0 Å². The van der Waals surface area contributed by atoms with Crippen molar-refractivity contribution in [3.8, 4) is 0 Å². The fraction of sp³-hybridized carbons (Fsp3) is 0.333. The number of hydrogen-bond acceptors (Lipinski definition) is 4. The molecule has 2 aromatic carbocycles. The zero-order valence-electron chi connectivity index (χ0n) is 15.7. The van der Waals surface area contributed by atoms with Gasteiger partial charge in [-0.15, -0.1) is 0 Å². The molecule has 0 radical (unpaired) electrons. The van der Waals surface area contributed by atoms with Crippen LogP contribution >= 0.6 is 11.6 Å². The normalized spacial score (nSPS) is 15.1. The van der Waals surface area contributed by atoms with Gasteiger partial charge < -0.3 is 9.32 Å². The lowest BCUT2D eigenvalue weighted by atomic mass is 10.0. The van der Waals surface area contributed by atoms with Crippen molar-refractivity contribution < 1.29 is 12.8 Å². The smallest absolute Gasteiger partial charge is 0.212 e. The molecule has 0 saturated carbocycles. The Bertz CT molecular complexity index is 1090. The molecule has 5 nitrogen and oxygen atoms in total. The largest absolute Gasteiger partial charge is 0.459 e. The van der Waals surface area contributed by atoms with Crippen LogP contribution in [0, 0.1) is 0 Å². The van der Waals surface area contributed by atoms with Crippen LogP contribution in [0.3, 0.4) is 0 Å². The van der Waals surface area contributed by atoms with Crippen molar-refractivity contribution in [2.75, 3.05) is 19.3 Å². The fourth-order valence-electron chi connectivity index (χ4n) is 3.70. The SMILES string of the molecule is CN1CCc2c(Cl)ccc3oc(CNS(=O)(=O)CCc4ccccc4)c(c23)C1. The first kappa shape index (κ1) is 19.5. The predicted octanol–water partition coefficient (Wildman–Crippen LogP) is 3.74. The molecule has 1 aliphatic rings. The van der Waals surface area contributed by atoms with Gasteiger partial charge >= 0.3 is 0 Å². The van der Waals surface area contributed by atoms with Gasteiger partial charge in [0.2, 0.25) is 10.0 Å². The molecular weight excluding hydrogens is 396 g/mol. The fourth-order valence-corrected chi connectivity index (χ4v) is 4.95. The van der Waals surface area contributed by atoms with Crippen LogP contribution in [0.2, 0.25) is 5.02 Å². The van der Waals surface area contributed by atoms with Crippen molar-refractivity contribution in [2.45, 2.75) is 25.9 Å². The van der Waals surface area contributed by atoms with Crippen LogP contribution in [-0.4, -0.2) is 32.7 Å². The van der Waals surface area contributed by atoms with Gasteiger partial charge in [-0.3, -0.25) is 0 Å². The van der Waals surface area contributed by atoms with E-state index in [4.69, 9.17) is 16.0 Å². The van der Waals surface area contributed by atoms with Crippen LogP contribution in [-0.2, 0) is 36.0 Å². The van der Waals surface area contributed by atoms with E-state index in [9.17, 15) is 8.42 Å². The Morgan fingerprint density at radius 1 is 1.14 bits per heavy atom. The van der Waals surface area contributed by atoms with Crippen LogP contribution in [0.1, 0.15) is 22.5 Å². The standard InChI is InChI=1S/C21H23ClN2O3S/c1-24-11-9-16-18(22)7-8-19-21(16)17(14-24)20(27-19)13-23-28(25,26)12-10-15-5-3-2-4-6-15/h2-8,23H,9-14H2,1H3. The quantitative estimate of drug-likeness (QED) is 0.662. The Kier molecular flexibility index (Phi) is 5.47. The average Bonchev–Trinajstić information content (AvgIpc) is 2.92. The van der Waals surface area contributed by atoms with Crippen molar-refractivity contribution in [2.24, 2.45) is 0 Å². The number of aryl methyl sites for hydroxylation is 1. The maximum atomic E-state index is 12.5. The molecule has 0 amide bonds. The van der Waals surface area contributed by atoms with Gasteiger partial charge in [0.1, 0.15) is 11.3 Å². The van der Waals surface area contributed by atoms with Crippen LogP contribution in [0.15, 0.2) is 46.9 Å². The molecule has 3 aromatic rings. The summed E-state index contributed by atoms with van der Waals surface area (Å²) < 4.78 is 33.7. The molecule has 7 heteroatoms. The summed E-state index contributed by atoms with van der Waals surface area (Å²) in [6.45, 7) is 1.75. The summed E-state index contributed by atoms with van der Waals surface area (Å²) in [6.07, 6.45) is 1.33. The first-order valence-electron chi connectivity index (χ1n) is 9.34. The van der Waals surface area contributed by atoms with E-state index in [1.54, 1.807) is 0 Å². The molecule has 1 aliphatic heterocycles. The molecule has 0 unspecified atom stereocenters. The molecular formula is C21H23ClN2O3S. The number of likely N-dealkylation sites (N-methyl/N-ethyl adjacent to an activating group) is 1. The summed E-state index contributed by atoms with van der Waals surface area (Å²) in [5, 5.41) is 1.77. The Balaban J connectivity index is 1.55. The predicted molar refractivity (Wildman–Crippen MR) is 112 cm³/mol. The van der Waals surface area contributed by atoms with Gasteiger partial charge in [0.15, 0.2) is 0 Å². The van der Waals surface area contributed by atoms with Gasteiger partial charge in [-0.1, -0.05) is 41.9 Å². The zero-order chi connectivity index (χ0) is 19.7. The lowest BCUT2D eigenvalue weighted by molar-refractivity contribution is 0.332. The summed E-state index contributed by atoms with van der Waals surface area (Å²) in [4.78, 5) is 2.20. The highest BCUT2D eigenvalue weighted by molar-refractivity contribution is 7.89. The number of hydrogen-bond donors (Lipinski definition) is 1. The Morgan fingerprint density at radius 2 is 1.93 bits per heavy atom. The number of furan rings is 1. The van der Waals surface area contributed by atoms with E-state index in [2.05, 4.69) is 9.62 Å². The van der Waals surface area contributed by atoms with Crippen molar-refractivity contribution in [1.82, 2.24) is 9.62 Å². The first-order valence-corrected chi connectivity index (χ1v) is 11.4. The third kappa shape index (κ3) is 4.10. The molecule has 0 saturated heterocycles. The maximum absolute atomic E-state index is 12.5. The Labute approximate surface area is 170 Å². The van der Waals surface area contributed by atoms with E-state index in [0.29, 0.717) is 18.7 Å². The average molecular weight is 419 g/mol. The monoisotopic (exact) mass is 418 g/mol. The molecule has 28 heavy (non-hydrogen) atoms. The summed E-state index contributed by atoms with van der Waals surface area (Å²) in [7, 11) is -1.36. The van der Waals surface area contributed by atoms with Crippen molar-refractivity contribution in [3.63, 3.8) is 0 Å². The number of benzene rings is 2. The summed E-state index contributed by atoms with van der Waals surface area (Å²) in [6, 6.07) is 13.3. The first-order chi connectivity index (χ1) is 13.4. The van der Waals surface area contributed by atoms with Crippen molar-refractivity contribution >= 4 is 32.6 Å². The third-order valence-corrected chi connectivity index (χ3v) is 6.90. The van der Waals surface area contributed by atoms with Gasteiger partial charge in [0.25, 0.3) is 0 Å². The van der Waals surface area contributed by atoms with E-state index in [1.807, 2.05) is 49.5 Å². The molecule has 1 aromatic heterocycles. The number of rotatable bonds is 6. The second kappa shape index (κ2) is 7.87. The molecule has 0 fully saturated rings. The highest BCUT2D eigenvalue weighted by Crippen LogP contribution is 2.36. The number of nitrogens with one attached hydrogen (secondary N) is 1. The van der Waals surface area contributed by atoms with Crippen LogP contribution < -0.4 is 4.72 Å². The maximum Gasteiger partial charge on any atom is 0.212 e. The van der Waals surface area contributed by atoms with E-state index in [-0.39, 0.29) is 12.3 Å². The highest BCUT2D eigenvalue weighted by atomic mass is 35.5. The minimum atomic E-state index is -3.41. The molecule has 4 rings (SSSR count). The van der Waals surface area contributed by atoms with Gasteiger partial charge in [-0.25, -0.2) is 13.1 Å². The van der Waals surface area contributed by atoms with Gasteiger partial charge in [-0.2, -0.15) is 0 Å². The Morgan fingerprint density at radius 3 is 2.71 bits per heavy atom. The lowest BCUT2D eigenvalue weighted by Gasteiger charge is -2.14. The van der Waals surface area contributed by atoms with Gasteiger partial charge in [-0.05, 0) is 43.1 Å². The number of sulfonamides is 1. The minimum Gasteiger partial charge on any atom is -0.459 e. The van der Waals surface area contributed by atoms with Crippen LogP contribution in [0.25, 0.3) is 11.0 Å². The van der Waals surface area contributed by atoms with E-state index in [1.165, 1.54) is 0 Å². The minimum absolute atomic E-state index is 0.0452. The highest BCUT2D eigenvalue weighted by Gasteiger charge is 2.24. The molecule has 0 spiro atoms. The summed E-state index contributed by atoms with van der Waals surface area (Å²) in [5.41, 5.74) is 3.88. The van der Waals surface area contributed by atoms with Crippen molar-refractivity contribution in [3.05, 3.63) is 69.9 Å². The number of nitrogens with zero attached hydrogens (tertiary/aromatic N) is 1. The molecule has 1 N–H and O–H groups in total. The second-order valence-corrected chi connectivity index (χ2v) is 9.60.